The normalized spacial score (nSPS) is 21.8. The number of thiophene rings is 1. The first-order valence-electron chi connectivity index (χ1n) is 7.31. The van der Waals surface area contributed by atoms with Gasteiger partial charge < -0.3 is 15.3 Å². The molecule has 0 saturated heterocycles. The van der Waals surface area contributed by atoms with Crippen LogP contribution in [0.5, 0.6) is 0 Å². The highest BCUT2D eigenvalue weighted by Crippen LogP contribution is 2.23. The van der Waals surface area contributed by atoms with Crippen LogP contribution in [0, 0.1) is 5.92 Å². The van der Waals surface area contributed by atoms with Gasteiger partial charge in [0.05, 0.1) is 11.4 Å². The first-order valence-corrected chi connectivity index (χ1v) is 8.19. The molecule has 1 aliphatic carbocycles. The van der Waals surface area contributed by atoms with Crippen molar-refractivity contribution in [1.29, 1.82) is 0 Å². The van der Waals surface area contributed by atoms with Crippen molar-refractivity contribution in [3.05, 3.63) is 22.4 Å². The molecule has 5 nitrogen and oxygen atoms in total. The zero-order valence-corrected chi connectivity index (χ0v) is 13.1. The molecule has 1 aromatic heterocycles. The van der Waals surface area contributed by atoms with Crippen LogP contribution in [-0.4, -0.2) is 48.1 Å². The highest BCUT2D eigenvalue weighted by atomic mass is 32.1. The van der Waals surface area contributed by atoms with Crippen molar-refractivity contribution in [2.75, 3.05) is 20.2 Å². The Morgan fingerprint density at radius 1 is 1.43 bits per heavy atom. The van der Waals surface area contributed by atoms with Crippen LogP contribution >= 0.6 is 11.3 Å². The Labute approximate surface area is 129 Å². The van der Waals surface area contributed by atoms with Gasteiger partial charge >= 0.3 is 0 Å². The molecule has 0 aliphatic heterocycles. The van der Waals surface area contributed by atoms with Crippen molar-refractivity contribution in [3.8, 4) is 0 Å². The average molecular weight is 310 g/mol. The van der Waals surface area contributed by atoms with Gasteiger partial charge in [0.2, 0.25) is 5.91 Å². The Bertz CT molecular complexity index is 475. The molecule has 0 aromatic carbocycles. The number of likely N-dealkylation sites (N-methyl/N-ethyl adjacent to an activating group) is 1. The number of hydrogen-bond acceptors (Lipinski definition) is 4. The van der Waals surface area contributed by atoms with Crippen LogP contribution in [0.3, 0.4) is 0 Å². The highest BCUT2D eigenvalue weighted by Gasteiger charge is 2.26. The van der Waals surface area contributed by atoms with E-state index in [4.69, 9.17) is 0 Å². The maximum Gasteiger partial charge on any atom is 0.264 e. The standard InChI is InChI=1S/C15H22N2O3S/c1-17(15(20)13-7-4-8-21-13)9-14(19)16-12-6-3-2-5-11(12)10-18/h4,7-8,11-12,18H,2-3,5-6,9-10H2,1H3,(H,16,19). The number of amides is 2. The maximum atomic E-state index is 12.1. The van der Waals surface area contributed by atoms with Crippen molar-refractivity contribution in [3.63, 3.8) is 0 Å². The minimum Gasteiger partial charge on any atom is -0.396 e. The number of hydrogen-bond donors (Lipinski definition) is 2. The molecule has 1 aliphatic rings. The predicted molar refractivity (Wildman–Crippen MR) is 82.3 cm³/mol. The number of aliphatic hydroxyl groups is 1. The van der Waals surface area contributed by atoms with Crippen molar-refractivity contribution >= 4 is 23.2 Å². The number of aliphatic hydroxyl groups excluding tert-OH is 1. The van der Waals surface area contributed by atoms with E-state index in [1.54, 1.807) is 13.1 Å². The minimum absolute atomic E-state index is 0.0292. The average Bonchev–Trinajstić information content (AvgIpc) is 3.01. The van der Waals surface area contributed by atoms with Crippen LogP contribution in [0.2, 0.25) is 0 Å². The lowest BCUT2D eigenvalue weighted by Gasteiger charge is -2.31. The summed E-state index contributed by atoms with van der Waals surface area (Å²) in [6, 6.07) is 3.60. The molecule has 2 unspecified atom stereocenters. The van der Waals surface area contributed by atoms with Crippen LogP contribution in [0.15, 0.2) is 17.5 Å². The van der Waals surface area contributed by atoms with Gasteiger partial charge in [0.15, 0.2) is 0 Å². The van der Waals surface area contributed by atoms with E-state index in [0.717, 1.165) is 25.7 Å². The van der Waals surface area contributed by atoms with Gasteiger partial charge in [-0.25, -0.2) is 0 Å². The zero-order valence-electron chi connectivity index (χ0n) is 12.2. The molecule has 1 heterocycles. The summed E-state index contributed by atoms with van der Waals surface area (Å²) in [7, 11) is 1.63. The van der Waals surface area contributed by atoms with Crippen molar-refractivity contribution in [1.82, 2.24) is 10.2 Å². The van der Waals surface area contributed by atoms with E-state index in [-0.39, 0.29) is 36.9 Å². The van der Waals surface area contributed by atoms with Gasteiger partial charge in [0.25, 0.3) is 5.91 Å². The Kier molecular flexibility index (Phi) is 5.76. The molecule has 0 radical (unpaired) electrons. The number of carbonyl (C=O) groups is 2. The summed E-state index contributed by atoms with van der Waals surface area (Å²) in [6.07, 6.45) is 4.03. The lowest BCUT2D eigenvalue weighted by atomic mass is 9.85. The molecular formula is C15H22N2O3S. The lowest BCUT2D eigenvalue weighted by molar-refractivity contribution is -0.123. The second-order valence-corrected chi connectivity index (χ2v) is 6.49. The van der Waals surface area contributed by atoms with Crippen LogP contribution in [0.4, 0.5) is 0 Å². The van der Waals surface area contributed by atoms with E-state index >= 15 is 0 Å². The molecule has 0 bridgehead atoms. The molecule has 1 saturated carbocycles. The van der Waals surface area contributed by atoms with Gasteiger partial charge in [0.1, 0.15) is 0 Å². The molecule has 0 spiro atoms. The highest BCUT2D eigenvalue weighted by molar-refractivity contribution is 7.12. The molecule has 2 N–H and O–H groups in total. The second kappa shape index (κ2) is 7.56. The smallest absolute Gasteiger partial charge is 0.264 e. The summed E-state index contributed by atoms with van der Waals surface area (Å²) in [5.74, 6) is -0.156. The number of carbonyl (C=O) groups excluding carboxylic acids is 2. The SMILES string of the molecule is CN(CC(=O)NC1CCCCC1CO)C(=O)c1cccs1. The van der Waals surface area contributed by atoms with Crippen LogP contribution in [-0.2, 0) is 4.79 Å². The number of nitrogens with zero attached hydrogens (tertiary/aromatic N) is 1. The van der Waals surface area contributed by atoms with Gasteiger partial charge in [-0.1, -0.05) is 18.9 Å². The third kappa shape index (κ3) is 4.28. The van der Waals surface area contributed by atoms with Crippen LogP contribution in [0.1, 0.15) is 35.4 Å². The molecule has 116 valence electrons. The van der Waals surface area contributed by atoms with Crippen LogP contribution in [0.25, 0.3) is 0 Å². The zero-order chi connectivity index (χ0) is 15.2. The lowest BCUT2D eigenvalue weighted by Crippen LogP contribution is -2.47. The fraction of sp³-hybridized carbons (Fsp3) is 0.600. The second-order valence-electron chi connectivity index (χ2n) is 5.54. The van der Waals surface area contributed by atoms with Crippen molar-refractivity contribution in [2.24, 2.45) is 5.92 Å². The van der Waals surface area contributed by atoms with E-state index in [9.17, 15) is 14.7 Å². The van der Waals surface area contributed by atoms with E-state index in [0.29, 0.717) is 4.88 Å². The molecule has 6 heteroatoms. The third-order valence-corrected chi connectivity index (χ3v) is 4.81. The first kappa shape index (κ1) is 16.0. The van der Waals surface area contributed by atoms with Gasteiger partial charge in [-0.05, 0) is 24.3 Å². The summed E-state index contributed by atoms with van der Waals surface area (Å²) in [5, 5.41) is 14.2. The predicted octanol–water partition coefficient (Wildman–Crippen LogP) is 1.49. The summed E-state index contributed by atoms with van der Waals surface area (Å²) in [5.41, 5.74) is 0. The van der Waals surface area contributed by atoms with E-state index < -0.39 is 0 Å². The minimum atomic E-state index is -0.159. The number of nitrogens with one attached hydrogen (secondary N) is 1. The summed E-state index contributed by atoms with van der Waals surface area (Å²) < 4.78 is 0. The summed E-state index contributed by atoms with van der Waals surface area (Å²) in [6.45, 7) is 0.153. The van der Waals surface area contributed by atoms with Crippen molar-refractivity contribution in [2.45, 2.75) is 31.7 Å². The van der Waals surface area contributed by atoms with Crippen LogP contribution < -0.4 is 5.32 Å². The van der Waals surface area contributed by atoms with Gasteiger partial charge in [0, 0.05) is 25.6 Å². The Balaban J connectivity index is 1.84. The monoisotopic (exact) mass is 310 g/mol. The Hall–Kier alpha value is -1.40. The maximum absolute atomic E-state index is 12.1. The fourth-order valence-corrected chi connectivity index (χ4v) is 3.46. The summed E-state index contributed by atoms with van der Waals surface area (Å²) in [4.78, 5) is 26.2. The molecule has 2 amide bonds. The molecule has 2 rings (SSSR count). The molecular weight excluding hydrogens is 288 g/mol. The van der Waals surface area contributed by atoms with Gasteiger partial charge in [-0.15, -0.1) is 11.3 Å². The van der Waals surface area contributed by atoms with E-state index in [1.165, 1.54) is 16.2 Å². The van der Waals surface area contributed by atoms with Gasteiger partial charge in [-0.2, -0.15) is 0 Å². The number of rotatable bonds is 5. The van der Waals surface area contributed by atoms with E-state index in [1.807, 2.05) is 11.4 Å². The third-order valence-electron chi connectivity index (χ3n) is 3.95. The molecule has 1 aromatic rings. The van der Waals surface area contributed by atoms with E-state index in [2.05, 4.69) is 5.32 Å². The fourth-order valence-electron chi connectivity index (χ4n) is 2.74. The molecule has 2 atom stereocenters. The quantitative estimate of drug-likeness (QED) is 0.865. The molecule has 21 heavy (non-hydrogen) atoms. The molecule has 1 fully saturated rings. The Morgan fingerprint density at radius 3 is 2.86 bits per heavy atom. The van der Waals surface area contributed by atoms with Gasteiger partial charge in [-0.3, -0.25) is 9.59 Å². The van der Waals surface area contributed by atoms with Crippen molar-refractivity contribution < 1.29 is 14.7 Å². The largest absolute Gasteiger partial charge is 0.396 e. The topological polar surface area (TPSA) is 69.6 Å². The first-order chi connectivity index (χ1) is 10.1. The summed E-state index contributed by atoms with van der Waals surface area (Å²) >= 11 is 1.37. The Morgan fingerprint density at radius 2 is 2.19 bits per heavy atom.